The van der Waals surface area contributed by atoms with Crippen molar-refractivity contribution < 1.29 is 19.0 Å². The molecule has 0 atom stereocenters. The van der Waals surface area contributed by atoms with Crippen molar-refractivity contribution in [3.05, 3.63) is 53.9 Å². The Morgan fingerprint density at radius 2 is 1.89 bits per heavy atom. The second kappa shape index (κ2) is 8.16. The second-order valence-electron chi connectivity index (χ2n) is 7.02. The summed E-state index contributed by atoms with van der Waals surface area (Å²) in [5, 5.41) is 2.92. The Hall–Kier alpha value is -2.64. The third-order valence-corrected chi connectivity index (χ3v) is 5.29. The van der Waals surface area contributed by atoms with Gasteiger partial charge in [-0.3, -0.25) is 9.78 Å². The van der Waals surface area contributed by atoms with Crippen LogP contribution in [0.3, 0.4) is 0 Å². The van der Waals surface area contributed by atoms with Crippen LogP contribution in [0.2, 0.25) is 0 Å². The fourth-order valence-corrected chi connectivity index (χ4v) is 3.65. The zero-order valence-corrected chi connectivity index (χ0v) is 16.0. The van der Waals surface area contributed by atoms with E-state index in [-0.39, 0.29) is 5.91 Å². The van der Waals surface area contributed by atoms with Crippen LogP contribution in [0.5, 0.6) is 5.75 Å². The quantitative estimate of drug-likeness (QED) is 0.855. The number of benzene rings is 1. The molecule has 7 heteroatoms. The normalized spacial score (nSPS) is 18.2. The molecular weight excluding hydrogens is 358 g/mol. The molecular formula is C21H25N3O4. The molecule has 1 amide bonds. The maximum Gasteiger partial charge on any atom is 0.270 e. The number of carbonyl (C=O) groups excluding carboxylic acids is 1. The van der Waals surface area contributed by atoms with Crippen LogP contribution < -0.4 is 15.0 Å². The SMILES string of the molecule is COc1ccc(CNC(=O)c2cc(N3CCC4(CC3)OCCO4)ccn2)cc1. The van der Waals surface area contributed by atoms with Gasteiger partial charge in [0, 0.05) is 44.4 Å². The van der Waals surface area contributed by atoms with Crippen molar-refractivity contribution in [2.45, 2.75) is 25.2 Å². The van der Waals surface area contributed by atoms with Crippen LogP contribution in [0.4, 0.5) is 5.69 Å². The summed E-state index contributed by atoms with van der Waals surface area (Å²) in [6.07, 6.45) is 3.34. The maximum absolute atomic E-state index is 12.5. The molecule has 1 spiro atoms. The first-order valence-corrected chi connectivity index (χ1v) is 9.57. The molecule has 0 aliphatic carbocycles. The number of carbonyl (C=O) groups is 1. The number of hydrogen-bond acceptors (Lipinski definition) is 6. The Kier molecular flexibility index (Phi) is 5.45. The summed E-state index contributed by atoms with van der Waals surface area (Å²) in [5.41, 5.74) is 2.42. The van der Waals surface area contributed by atoms with E-state index in [1.165, 1.54) is 0 Å². The highest BCUT2D eigenvalue weighted by atomic mass is 16.7. The van der Waals surface area contributed by atoms with E-state index < -0.39 is 5.79 Å². The van der Waals surface area contributed by atoms with Crippen molar-refractivity contribution in [1.82, 2.24) is 10.3 Å². The summed E-state index contributed by atoms with van der Waals surface area (Å²) in [6, 6.07) is 11.4. The predicted octanol–water partition coefficient (Wildman–Crippen LogP) is 2.36. The zero-order chi connectivity index (χ0) is 19.4. The molecule has 2 aliphatic rings. The molecule has 148 valence electrons. The third kappa shape index (κ3) is 4.10. The number of piperidine rings is 1. The summed E-state index contributed by atoms with van der Waals surface area (Å²) in [6.45, 7) is 3.45. The van der Waals surface area contributed by atoms with Crippen LogP contribution in [-0.2, 0) is 16.0 Å². The summed E-state index contributed by atoms with van der Waals surface area (Å²) < 4.78 is 16.7. The van der Waals surface area contributed by atoms with Gasteiger partial charge < -0.3 is 24.4 Å². The molecule has 0 unspecified atom stereocenters. The minimum Gasteiger partial charge on any atom is -0.497 e. The highest BCUT2D eigenvalue weighted by Crippen LogP contribution is 2.33. The summed E-state index contributed by atoms with van der Waals surface area (Å²) >= 11 is 0. The van der Waals surface area contributed by atoms with Crippen molar-refractivity contribution in [3.63, 3.8) is 0 Å². The third-order valence-electron chi connectivity index (χ3n) is 5.29. The van der Waals surface area contributed by atoms with Gasteiger partial charge in [-0.2, -0.15) is 0 Å². The van der Waals surface area contributed by atoms with Crippen LogP contribution >= 0.6 is 0 Å². The van der Waals surface area contributed by atoms with Crippen molar-refractivity contribution in [3.8, 4) is 5.75 Å². The fraction of sp³-hybridized carbons (Fsp3) is 0.429. The zero-order valence-electron chi connectivity index (χ0n) is 16.0. The number of hydrogen-bond donors (Lipinski definition) is 1. The highest BCUT2D eigenvalue weighted by molar-refractivity contribution is 5.93. The Morgan fingerprint density at radius 1 is 1.18 bits per heavy atom. The smallest absolute Gasteiger partial charge is 0.270 e. The average molecular weight is 383 g/mol. The van der Waals surface area contributed by atoms with Crippen molar-refractivity contribution in [2.24, 2.45) is 0 Å². The van der Waals surface area contributed by atoms with Crippen LogP contribution in [-0.4, -0.2) is 50.1 Å². The van der Waals surface area contributed by atoms with Gasteiger partial charge in [0.25, 0.3) is 5.91 Å². The van der Waals surface area contributed by atoms with Crippen LogP contribution in [0.15, 0.2) is 42.6 Å². The fourth-order valence-electron chi connectivity index (χ4n) is 3.65. The van der Waals surface area contributed by atoms with Gasteiger partial charge in [0.15, 0.2) is 5.79 Å². The molecule has 2 aromatic rings. The number of aromatic nitrogens is 1. The second-order valence-corrected chi connectivity index (χ2v) is 7.02. The lowest BCUT2D eigenvalue weighted by Gasteiger charge is -2.38. The Morgan fingerprint density at radius 3 is 2.57 bits per heavy atom. The Bertz CT molecular complexity index is 809. The van der Waals surface area contributed by atoms with E-state index >= 15 is 0 Å². The van der Waals surface area contributed by atoms with Gasteiger partial charge in [-0.15, -0.1) is 0 Å². The minimum atomic E-state index is -0.401. The molecule has 0 radical (unpaired) electrons. The lowest BCUT2D eigenvalue weighted by Crippen LogP contribution is -2.45. The molecule has 1 N–H and O–H groups in total. The van der Waals surface area contributed by atoms with E-state index in [0.29, 0.717) is 25.5 Å². The minimum absolute atomic E-state index is 0.186. The summed E-state index contributed by atoms with van der Waals surface area (Å²) in [5.74, 6) is 0.206. The molecule has 0 saturated carbocycles. The molecule has 7 nitrogen and oxygen atoms in total. The molecule has 2 saturated heterocycles. The number of amides is 1. The van der Waals surface area contributed by atoms with Crippen LogP contribution in [0.25, 0.3) is 0 Å². The van der Waals surface area contributed by atoms with E-state index in [2.05, 4.69) is 15.2 Å². The van der Waals surface area contributed by atoms with Gasteiger partial charge in [0.2, 0.25) is 0 Å². The van der Waals surface area contributed by atoms with Crippen LogP contribution in [0.1, 0.15) is 28.9 Å². The number of nitrogens with zero attached hydrogens (tertiary/aromatic N) is 2. The Balaban J connectivity index is 1.35. The lowest BCUT2D eigenvalue weighted by molar-refractivity contribution is -0.169. The van der Waals surface area contributed by atoms with E-state index in [4.69, 9.17) is 14.2 Å². The number of ether oxygens (including phenoxy) is 3. The monoisotopic (exact) mass is 383 g/mol. The molecule has 2 fully saturated rings. The molecule has 28 heavy (non-hydrogen) atoms. The van der Waals surface area contributed by atoms with Crippen molar-refractivity contribution in [2.75, 3.05) is 38.3 Å². The molecule has 2 aliphatic heterocycles. The topological polar surface area (TPSA) is 72.9 Å². The average Bonchev–Trinajstić information content (AvgIpc) is 3.21. The number of nitrogens with one attached hydrogen (secondary N) is 1. The van der Waals surface area contributed by atoms with Gasteiger partial charge in [-0.05, 0) is 29.8 Å². The number of methoxy groups -OCH3 is 1. The van der Waals surface area contributed by atoms with Gasteiger partial charge in [-0.25, -0.2) is 0 Å². The van der Waals surface area contributed by atoms with Crippen molar-refractivity contribution in [1.29, 1.82) is 0 Å². The first-order chi connectivity index (χ1) is 13.7. The van der Waals surface area contributed by atoms with E-state index in [1.807, 2.05) is 36.4 Å². The summed E-state index contributed by atoms with van der Waals surface area (Å²) in [7, 11) is 1.63. The molecule has 1 aromatic carbocycles. The predicted molar refractivity (Wildman–Crippen MR) is 104 cm³/mol. The first kappa shape index (κ1) is 18.7. The Labute approximate surface area is 164 Å². The number of pyridine rings is 1. The summed E-state index contributed by atoms with van der Waals surface area (Å²) in [4.78, 5) is 19.0. The number of anilines is 1. The lowest BCUT2D eigenvalue weighted by atomic mass is 10.0. The maximum atomic E-state index is 12.5. The van der Waals surface area contributed by atoms with Gasteiger partial charge in [0.05, 0.1) is 20.3 Å². The highest BCUT2D eigenvalue weighted by Gasteiger charge is 2.39. The molecule has 1 aromatic heterocycles. The standard InChI is InChI=1S/C21H25N3O4/c1-26-18-4-2-16(3-5-18)15-23-20(25)19-14-17(6-9-22-19)24-10-7-21(8-11-24)27-12-13-28-21/h2-6,9,14H,7-8,10-13,15H2,1H3,(H,23,25). The van der Waals surface area contributed by atoms with E-state index in [9.17, 15) is 4.79 Å². The van der Waals surface area contributed by atoms with Gasteiger partial charge in [0.1, 0.15) is 11.4 Å². The van der Waals surface area contributed by atoms with Gasteiger partial charge >= 0.3 is 0 Å². The molecule has 3 heterocycles. The molecule has 0 bridgehead atoms. The van der Waals surface area contributed by atoms with Crippen LogP contribution in [0, 0.1) is 0 Å². The van der Waals surface area contributed by atoms with Gasteiger partial charge in [-0.1, -0.05) is 12.1 Å². The largest absolute Gasteiger partial charge is 0.497 e. The molecule has 4 rings (SSSR count). The number of rotatable bonds is 5. The van der Waals surface area contributed by atoms with E-state index in [1.54, 1.807) is 13.3 Å². The first-order valence-electron chi connectivity index (χ1n) is 9.57. The van der Waals surface area contributed by atoms with E-state index in [0.717, 1.165) is 42.9 Å². The van der Waals surface area contributed by atoms with Crippen molar-refractivity contribution >= 4 is 11.6 Å².